The Balaban J connectivity index is 1.82. The van der Waals surface area contributed by atoms with Crippen molar-refractivity contribution in [1.82, 2.24) is 4.57 Å². The number of fused-ring (bicyclic) bond motifs is 1. The first-order chi connectivity index (χ1) is 11.3. The smallest absolute Gasteiger partial charge is 0.155 e. The Kier molecular flexibility index (Phi) is 3.58. The number of aromatic nitrogens is 1. The molecule has 2 heteroatoms. The van der Waals surface area contributed by atoms with Gasteiger partial charge < -0.3 is 4.57 Å². The summed E-state index contributed by atoms with van der Waals surface area (Å²) in [4.78, 5) is 11.8. The van der Waals surface area contributed by atoms with E-state index in [4.69, 9.17) is 0 Å². The van der Waals surface area contributed by atoms with Gasteiger partial charge >= 0.3 is 0 Å². The monoisotopic (exact) mass is 301 g/mol. The molecule has 0 unspecified atom stereocenters. The van der Waals surface area contributed by atoms with Gasteiger partial charge in [0.05, 0.1) is 0 Å². The highest BCUT2D eigenvalue weighted by Gasteiger charge is 2.16. The molecule has 3 aromatic rings. The maximum absolute atomic E-state index is 11.8. The Labute approximate surface area is 136 Å². The van der Waals surface area contributed by atoms with E-state index in [1.165, 1.54) is 27.6 Å². The summed E-state index contributed by atoms with van der Waals surface area (Å²) in [5, 5.41) is 1.24. The number of rotatable bonds is 3. The number of hydrogen-bond acceptors (Lipinski definition) is 1. The average Bonchev–Trinajstić information content (AvgIpc) is 2.95. The summed E-state index contributed by atoms with van der Waals surface area (Å²) >= 11 is 0. The van der Waals surface area contributed by atoms with Crippen molar-refractivity contribution in [2.45, 2.75) is 25.8 Å². The van der Waals surface area contributed by atoms with Crippen LogP contribution in [0, 0.1) is 0 Å². The van der Waals surface area contributed by atoms with Crippen molar-refractivity contribution in [2.24, 2.45) is 0 Å². The summed E-state index contributed by atoms with van der Waals surface area (Å²) in [6.07, 6.45) is 6.69. The zero-order valence-corrected chi connectivity index (χ0v) is 13.0. The van der Waals surface area contributed by atoms with E-state index < -0.39 is 0 Å². The summed E-state index contributed by atoms with van der Waals surface area (Å²) < 4.78 is 2.29. The van der Waals surface area contributed by atoms with Crippen LogP contribution in [-0.2, 0) is 11.3 Å². The van der Waals surface area contributed by atoms with Crippen LogP contribution in [-0.4, -0.2) is 10.4 Å². The first kappa shape index (κ1) is 14.0. The van der Waals surface area contributed by atoms with Crippen LogP contribution in [0.3, 0.4) is 0 Å². The van der Waals surface area contributed by atoms with E-state index >= 15 is 0 Å². The van der Waals surface area contributed by atoms with Crippen LogP contribution in [0.25, 0.3) is 16.5 Å². The van der Waals surface area contributed by atoms with Crippen molar-refractivity contribution in [2.75, 3.05) is 0 Å². The number of benzene rings is 2. The summed E-state index contributed by atoms with van der Waals surface area (Å²) in [5.41, 5.74) is 4.91. The molecule has 2 nitrogen and oxygen atoms in total. The van der Waals surface area contributed by atoms with Crippen LogP contribution in [0.4, 0.5) is 0 Å². The minimum Gasteiger partial charge on any atom is -0.342 e. The van der Waals surface area contributed by atoms with Crippen molar-refractivity contribution in [3.63, 3.8) is 0 Å². The predicted octanol–water partition coefficient (Wildman–Crippen LogP) is 4.83. The van der Waals surface area contributed by atoms with Gasteiger partial charge in [0.2, 0.25) is 0 Å². The molecule has 0 saturated carbocycles. The topological polar surface area (TPSA) is 22.0 Å². The van der Waals surface area contributed by atoms with Crippen molar-refractivity contribution in [1.29, 1.82) is 0 Å². The number of allylic oxidation sites excluding steroid dienone is 2. The number of carbonyl (C=O) groups excluding carboxylic acids is 1. The zero-order valence-electron chi connectivity index (χ0n) is 13.0. The molecule has 0 fully saturated rings. The van der Waals surface area contributed by atoms with Crippen LogP contribution >= 0.6 is 0 Å². The van der Waals surface area contributed by atoms with E-state index in [0.29, 0.717) is 6.42 Å². The Morgan fingerprint density at radius 3 is 2.52 bits per heavy atom. The van der Waals surface area contributed by atoms with Gasteiger partial charge in [-0.2, -0.15) is 0 Å². The van der Waals surface area contributed by atoms with Crippen LogP contribution in [0.1, 0.15) is 30.4 Å². The van der Waals surface area contributed by atoms with E-state index in [2.05, 4.69) is 59.3 Å². The fourth-order valence-electron chi connectivity index (χ4n) is 3.42. The molecule has 0 saturated heterocycles. The highest BCUT2D eigenvalue weighted by molar-refractivity contribution is 6.02. The standard InChI is InChI=1S/C21H19NO/c23-18-10-6-9-17(13-18)20-15-22(14-16-7-2-1-3-8-16)21-12-5-4-11-19(20)21/h1-5,7-8,11-13,15H,6,9-10,14H2. The molecule has 4 rings (SSSR count). The number of nitrogens with zero attached hydrogens (tertiary/aromatic N) is 1. The zero-order chi connectivity index (χ0) is 15.6. The minimum absolute atomic E-state index is 0.256. The van der Waals surface area contributed by atoms with Crippen LogP contribution in [0.5, 0.6) is 0 Å². The van der Waals surface area contributed by atoms with Crippen molar-refractivity contribution in [3.05, 3.63) is 78.0 Å². The third kappa shape index (κ3) is 2.72. The molecule has 0 radical (unpaired) electrons. The second kappa shape index (κ2) is 5.88. The normalized spacial score (nSPS) is 15.0. The Bertz CT molecular complexity index is 887. The first-order valence-electron chi connectivity index (χ1n) is 8.17. The van der Waals surface area contributed by atoms with Gasteiger partial charge in [-0.05, 0) is 36.1 Å². The largest absolute Gasteiger partial charge is 0.342 e. The maximum Gasteiger partial charge on any atom is 0.155 e. The van der Waals surface area contributed by atoms with Gasteiger partial charge in [-0.3, -0.25) is 4.79 Å². The summed E-state index contributed by atoms with van der Waals surface area (Å²) in [7, 11) is 0. The second-order valence-corrected chi connectivity index (χ2v) is 6.16. The molecular formula is C21H19NO. The molecule has 23 heavy (non-hydrogen) atoms. The third-order valence-corrected chi connectivity index (χ3v) is 4.53. The molecule has 1 aliphatic rings. The lowest BCUT2D eigenvalue weighted by Gasteiger charge is -2.11. The summed E-state index contributed by atoms with van der Waals surface area (Å²) in [5.74, 6) is 0.256. The number of carbonyl (C=O) groups is 1. The van der Waals surface area contributed by atoms with Gasteiger partial charge in [0.1, 0.15) is 0 Å². The van der Waals surface area contributed by atoms with Gasteiger partial charge in [0, 0.05) is 35.6 Å². The number of para-hydroxylation sites is 1. The maximum atomic E-state index is 11.8. The van der Waals surface area contributed by atoms with Crippen LogP contribution in [0.2, 0.25) is 0 Å². The molecule has 0 spiro atoms. The van der Waals surface area contributed by atoms with Gasteiger partial charge in [0.25, 0.3) is 0 Å². The molecule has 2 aromatic carbocycles. The lowest BCUT2D eigenvalue weighted by molar-refractivity contribution is -0.114. The van der Waals surface area contributed by atoms with Gasteiger partial charge in [-0.15, -0.1) is 0 Å². The molecule has 0 amide bonds. The summed E-state index contributed by atoms with van der Waals surface area (Å²) in [6.45, 7) is 0.850. The van der Waals surface area contributed by atoms with Crippen molar-refractivity contribution in [3.8, 4) is 0 Å². The lowest BCUT2D eigenvalue weighted by atomic mass is 9.93. The molecule has 0 aliphatic heterocycles. The second-order valence-electron chi connectivity index (χ2n) is 6.16. The average molecular weight is 301 g/mol. The Hall–Kier alpha value is -2.61. The molecular weight excluding hydrogens is 282 g/mol. The van der Waals surface area contributed by atoms with Gasteiger partial charge in [-0.25, -0.2) is 0 Å². The molecule has 0 atom stereocenters. The highest BCUT2D eigenvalue weighted by atomic mass is 16.1. The van der Waals surface area contributed by atoms with E-state index in [0.717, 1.165) is 19.4 Å². The number of ketones is 1. The number of hydrogen-bond donors (Lipinski definition) is 0. The summed E-state index contributed by atoms with van der Waals surface area (Å²) in [6, 6.07) is 19.0. The van der Waals surface area contributed by atoms with E-state index in [1.54, 1.807) is 0 Å². The van der Waals surface area contributed by atoms with Crippen molar-refractivity contribution < 1.29 is 4.79 Å². The van der Waals surface area contributed by atoms with Gasteiger partial charge in [0.15, 0.2) is 5.78 Å². The molecule has 0 N–H and O–H groups in total. The van der Waals surface area contributed by atoms with E-state index in [-0.39, 0.29) is 5.78 Å². The lowest BCUT2D eigenvalue weighted by Crippen LogP contribution is -2.02. The van der Waals surface area contributed by atoms with Crippen LogP contribution < -0.4 is 0 Å². The predicted molar refractivity (Wildman–Crippen MR) is 94.3 cm³/mol. The molecule has 1 heterocycles. The van der Waals surface area contributed by atoms with Crippen molar-refractivity contribution >= 4 is 22.3 Å². The molecule has 0 bridgehead atoms. The Morgan fingerprint density at radius 2 is 1.70 bits per heavy atom. The molecule has 1 aliphatic carbocycles. The highest BCUT2D eigenvalue weighted by Crippen LogP contribution is 2.32. The van der Waals surface area contributed by atoms with Gasteiger partial charge in [-0.1, -0.05) is 48.5 Å². The van der Waals surface area contributed by atoms with E-state index in [1.807, 2.05) is 12.1 Å². The minimum atomic E-state index is 0.256. The first-order valence-corrected chi connectivity index (χ1v) is 8.17. The van der Waals surface area contributed by atoms with E-state index in [9.17, 15) is 4.79 Å². The van der Waals surface area contributed by atoms with Crippen LogP contribution in [0.15, 0.2) is 66.9 Å². The fraction of sp³-hybridized carbons (Fsp3) is 0.190. The Morgan fingerprint density at radius 1 is 0.913 bits per heavy atom. The molecule has 114 valence electrons. The fourth-order valence-corrected chi connectivity index (χ4v) is 3.42. The third-order valence-electron chi connectivity index (χ3n) is 4.53. The molecule has 1 aromatic heterocycles. The SMILES string of the molecule is O=C1C=C(c2cn(Cc3ccccc3)c3ccccc23)CCC1. The quantitative estimate of drug-likeness (QED) is 0.679.